The molecule has 2 rings (SSSR count). The highest BCUT2D eigenvalue weighted by Crippen LogP contribution is 2.20. The molecule has 0 heterocycles. The van der Waals surface area contributed by atoms with E-state index in [1.807, 2.05) is 0 Å². The van der Waals surface area contributed by atoms with Gasteiger partial charge in [0.1, 0.15) is 5.82 Å². The van der Waals surface area contributed by atoms with Crippen LogP contribution in [0.15, 0.2) is 42.5 Å². The first-order valence-corrected chi connectivity index (χ1v) is 6.40. The third kappa shape index (κ3) is 3.76. The monoisotopic (exact) mass is 290 g/mol. The molecule has 0 amide bonds. The number of aliphatic hydroxyl groups excluding tert-OH is 1. The van der Waals surface area contributed by atoms with Gasteiger partial charge in [0.2, 0.25) is 0 Å². The molecule has 110 valence electrons. The van der Waals surface area contributed by atoms with Crippen molar-refractivity contribution >= 4 is 11.4 Å². The van der Waals surface area contributed by atoms with Crippen molar-refractivity contribution in [2.45, 2.75) is 13.0 Å². The molecule has 2 aromatic rings. The van der Waals surface area contributed by atoms with Crippen LogP contribution >= 0.6 is 0 Å². The molecule has 0 spiro atoms. The van der Waals surface area contributed by atoms with Crippen molar-refractivity contribution in [2.75, 3.05) is 11.9 Å². The number of nitrogens with one attached hydrogen (secondary N) is 1. The van der Waals surface area contributed by atoms with Crippen LogP contribution in [0.25, 0.3) is 0 Å². The quantitative estimate of drug-likeness (QED) is 0.655. The summed E-state index contributed by atoms with van der Waals surface area (Å²) >= 11 is 0. The van der Waals surface area contributed by atoms with Crippen LogP contribution < -0.4 is 5.32 Å². The second-order valence-electron chi connectivity index (χ2n) is 4.70. The maximum atomic E-state index is 13.0. The summed E-state index contributed by atoms with van der Waals surface area (Å²) in [6.45, 7) is 1.99. The molecule has 1 atom stereocenters. The fraction of sp³-hybridized carbons (Fsp3) is 0.200. The fourth-order valence-corrected chi connectivity index (χ4v) is 1.97. The Balaban J connectivity index is 2.01. The average molecular weight is 290 g/mol. The number of hydrogen-bond donors (Lipinski definition) is 2. The summed E-state index contributed by atoms with van der Waals surface area (Å²) in [7, 11) is 0. The maximum absolute atomic E-state index is 13.0. The summed E-state index contributed by atoms with van der Waals surface area (Å²) < 4.78 is 13.0. The average Bonchev–Trinajstić information content (AvgIpc) is 2.46. The molecule has 0 saturated heterocycles. The van der Waals surface area contributed by atoms with Gasteiger partial charge in [-0.3, -0.25) is 10.1 Å². The Bertz CT molecular complexity index is 644. The van der Waals surface area contributed by atoms with E-state index in [9.17, 15) is 19.6 Å². The Morgan fingerprint density at radius 1 is 1.29 bits per heavy atom. The first-order valence-electron chi connectivity index (χ1n) is 6.40. The molecule has 0 aliphatic rings. The van der Waals surface area contributed by atoms with Crippen molar-refractivity contribution < 1.29 is 14.4 Å². The third-order valence-corrected chi connectivity index (χ3v) is 3.16. The van der Waals surface area contributed by atoms with Gasteiger partial charge in [0.15, 0.2) is 0 Å². The van der Waals surface area contributed by atoms with Crippen molar-refractivity contribution in [3.63, 3.8) is 0 Å². The molecule has 0 aromatic heterocycles. The van der Waals surface area contributed by atoms with Crippen LogP contribution in [-0.4, -0.2) is 16.6 Å². The number of halogens is 1. The topological polar surface area (TPSA) is 75.4 Å². The molecule has 0 fully saturated rings. The number of non-ortho nitro benzene ring substituents is 1. The lowest BCUT2D eigenvalue weighted by Gasteiger charge is -2.14. The molecular formula is C15H15FN2O3. The zero-order chi connectivity index (χ0) is 15.4. The highest BCUT2D eigenvalue weighted by Gasteiger charge is 2.11. The van der Waals surface area contributed by atoms with Crippen LogP contribution in [0.5, 0.6) is 0 Å². The number of hydrogen-bond acceptors (Lipinski definition) is 4. The van der Waals surface area contributed by atoms with Gasteiger partial charge < -0.3 is 10.4 Å². The lowest BCUT2D eigenvalue weighted by molar-refractivity contribution is -0.384. The molecule has 2 N–H and O–H groups in total. The first kappa shape index (κ1) is 14.9. The highest BCUT2D eigenvalue weighted by atomic mass is 19.1. The van der Waals surface area contributed by atoms with Crippen LogP contribution in [-0.2, 0) is 0 Å². The standard InChI is InChI=1S/C15H15FN2O3/c1-10-8-12(16)4-7-14(10)17-9-15(19)11-2-5-13(6-3-11)18(20)21/h2-8,15,17,19H,9H2,1H3. The molecule has 2 aromatic carbocycles. The van der Waals surface area contributed by atoms with E-state index in [0.29, 0.717) is 5.56 Å². The normalized spacial score (nSPS) is 12.0. The van der Waals surface area contributed by atoms with E-state index in [1.165, 1.54) is 36.4 Å². The second-order valence-corrected chi connectivity index (χ2v) is 4.70. The summed E-state index contributed by atoms with van der Waals surface area (Å²) in [5.41, 5.74) is 2.03. The Morgan fingerprint density at radius 3 is 2.52 bits per heavy atom. The molecule has 21 heavy (non-hydrogen) atoms. The molecule has 0 aliphatic heterocycles. The zero-order valence-electron chi connectivity index (χ0n) is 11.4. The van der Waals surface area contributed by atoms with E-state index in [2.05, 4.69) is 5.32 Å². The van der Waals surface area contributed by atoms with Gasteiger partial charge >= 0.3 is 0 Å². The minimum atomic E-state index is -0.810. The number of aliphatic hydroxyl groups is 1. The van der Waals surface area contributed by atoms with Crippen molar-refractivity contribution in [1.29, 1.82) is 0 Å². The molecule has 5 nitrogen and oxygen atoms in total. The number of anilines is 1. The number of rotatable bonds is 5. The summed E-state index contributed by atoms with van der Waals surface area (Å²) in [6, 6.07) is 10.1. The fourth-order valence-electron chi connectivity index (χ4n) is 1.97. The lowest BCUT2D eigenvalue weighted by Crippen LogP contribution is -2.12. The molecule has 0 saturated carbocycles. The van der Waals surface area contributed by atoms with Crippen LogP contribution in [0, 0.1) is 22.9 Å². The van der Waals surface area contributed by atoms with E-state index in [4.69, 9.17) is 0 Å². The van der Waals surface area contributed by atoms with Crippen molar-refractivity contribution in [1.82, 2.24) is 0 Å². The minimum absolute atomic E-state index is 0.0201. The summed E-state index contributed by atoms with van der Waals surface area (Å²) in [4.78, 5) is 10.1. The second kappa shape index (κ2) is 6.32. The minimum Gasteiger partial charge on any atom is -0.387 e. The van der Waals surface area contributed by atoms with E-state index < -0.39 is 11.0 Å². The molecular weight excluding hydrogens is 275 g/mol. The number of nitrogens with zero attached hydrogens (tertiary/aromatic N) is 1. The SMILES string of the molecule is Cc1cc(F)ccc1NCC(O)c1ccc([N+](=O)[O-])cc1. The van der Waals surface area contributed by atoms with Gasteiger partial charge in [0, 0.05) is 24.4 Å². The van der Waals surface area contributed by atoms with Gasteiger partial charge in [0.05, 0.1) is 11.0 Å². The lowest BCUT2D eigenvalue weighted by atomic mass is 10.1. The van der Waals surface area contributed by atoms with Crippen molar-refractivity contribution in [3.8, 4) is 0 Å². The molecule has 0 aliphatic carbocycles. The van der Waals surface area contributed by atoms with Crippen LogP contribution in [0.2, 0.25) is 0 Å². The van der Waals surface area contributed by atoms with Gasteiger partial charge in [-0.2, -0.15) is 0 Å². The number of benzene rings is 2. The smallest absolute Gasteiger partial charge is 0.269 e. The summed E-state index contributed by atoms with van der Waals surface area (Å²) in [6.07, 6.45) is -0.810. The van der Waals surface area contributed by atoms with Gasteiger partial charge in [-0.05, 0) is 48.4 Å². The van der Waals surface area contributed by atoms with E-state index in [-0.39, 0.29) is 18.0 Å². The van der Waals surface area contributed by atoms with E-state index >= 15 is 0 Å². The van der Waals surface area contributed by atoms with Crippen LogP contribution in [0.3, 0.4) is 0 Å². The van der Waals surface area contributed by atoms with E-state index in [0.717, 1.165) is 11.3 Å². The van der Waals surface area contributed by atoms with Gasteiger partial charge in [0.25, 0.3) is 5.69 Å². The number of nitro groups is 1. The molecule has 0 radical (unpaired) electrons. The van der Waals surface area contributed by atoms with Crippen molar-refractivity contribution in [2.24, 2.45) is 0 Å². The predicted octanol–water partition coefficient (Wildman–Crippen LogP) is 3.19. The van der Waals surface area contributed by atoms with Gasteiger partial charge in [-0.1, -0.05) is 0 Å². The Labute approximate surface area is 121 Å². The van der Waals surface area contributed by atoms with Crippen LogP contribution in [0.1, 0.15) is 17.2 Å². The Morgan fingerprint density at radius 2 is 1.95 bits per heavy atom. The summed E-state index contributed by atoms with van der Waals surface area (Å²) in [5.74, 6) is -0.311. The highest BCUT2D eigenvalue weighted by molar-refractivity contribution is 5.50. The maximum Gasteiger partial charge on any atom is 0.269 e. The van der Waals surface area contributed by atoms with Gasteiger partial charge in [-0.15, -0.1) is 0 Å². The Kier molecular flexibility index (Phi) is 4.49. The first-order chi connectivity index (χ1) is 9.97. The van der Waals surface area contributed by atoms with Gasteiger partial charge in [-0.25, -0.2) is 4.39 Å². The largest absolute Gasteiger partial charge is 0.387 e. The van der Waals surface area contributed by atoms with Crippen LogP contribution in [0.4, 0.5) is 15.8 Å². The summed E-state index contributed by atoms with van der Waals surface area (Å²) in [5, 5.41) is 23.6. The zero-order valence-corrected chi connectivity index (χ0v) is 11.4. The molecule has 6 heteroatoms. The third-order valence-electron chi connectivity index (χ3n) is 3.16. The molecule has 1 unspecified atom stereocenters. The Hall–Kier alpha value is -2.47. The van der Waals surface area contributed by atoms with E-state index in [1.54, 1.807) is 13.0 Å². The van der Waals surface area contributed by atoms with Crippen molar-refractivity contribution in [3.05, 3.63) is 69.5 Å². The molecule has 0 bridgehead atoms. The number of aryl methyl sites for hydroxylation is 1. The predicted molar refractivity (Wildman–Crippen MR) is 77.7 cm³/mol. The number of nitro benzene ring substituents is 1.